The average molecular weight is 1020 g/mol. The first kappa shape index (κ1) is 53.9. The van der Waals surface area contributed by atoms with Crippen molar-refractivity contribution in [1.29, 1.82) is 0 Å². The van der Waals surface area contributed by atoms with Crippen LogP contribution in [0, 0.1) is 62.6 Å². The van der Waals surface area contributed by atoms with Gasteiger partial charge in [0.05, 0.1) is 5.56 Å². The Morgan fingerprint density at radius 1 is 0.797 bits per heavy atom. The molecule has 0 bridgehead atoms. The van der Waals surface area contributed by atoms with Crippen molar-refractivity contribution >= 4 is 29.1 Å². The lowest BCUT2D eigenvalue weighted by atomic mass is 9.33. The topological polar surface area (TPSA) is 85.2 Å². The highest BCUT2D eigenvalue weighted by Gasteiger charge is 2.72. The third kappa shape index (κ3) is 8.36. The van der Waals surface area contributed by atoms with Crippen molar-refractivity contribution in [2.24, 2.45) is 62.6 Å². The van der Waals surface area contributed by atoms with Crippen LogP contribution in [0.5, 0.6) is 5.75 Å². The highest BCUT2D eigenvalue weighted by atomic mass is 35.5. The van der Waals surface area contributed by atoms with Gasteiger partial charge in [-0.3, -0.25) is 9.59 Å². The van der Waals surface area contributed by atoms with Crippen LogP contribution >= 0.6 is 0 Å². The number of esters is 2. The zero-order valence-electron chi connectivity index (χ0n) is 46.3. The largest absolute Gasteiger partial charge is 1.00 e. The van der Waals surface area contributed by atoms with Crippen molar-refractivity contribution in [2.45, 2.75) is 146 Å². The van der Waals surface area contributed by atoms with E-state index in [4.69, 9.17) is 14.2 Å². The summed E-state index contributed by atoms with van der Waals surface area (Å²) in [6.45, 7) is 28.8. The molecule has 6 aliphatic carbocycles. The minimum atomic E-state index is -1.23. The Labute approximate surface area is 448 Å². The molecule has 13 atom stereocenters. The van der Waals surface area contributed by atoms with Crippen LogP contribution in [0.4, 0.5) is 5.69 Å². The number of rotatable bonds is 11. The molecule has 1 aliphatic heterocycles. The summed E-state index contributed by atoms with van der Waals surface area (Å²) in [5.74, 6) is 1.60. The first-order valence-electron chi connectivity index (χ1n) is 28.3. The van der Waals surface area contributed by atoms with E-state index in [0.29, 0.717) is 36.2 Å². The molecule has 4 saturated carbocycles. The number of nitrogens with zero attached hydrogens (tertiary/aromatic N) is 2. The summed E-state index contributed by atoms with van der Waals surface area (Å²) in [5.41, 5.74) is 4.83. The molecular weight excluding hydrogens is 940 g/mol. The molecular formula is C65H83ClN2O6. The second-order valence-electron chi connectivity index (χ2n) is 24.7. The van der Waals surface area contributed by atoms with Gasteiger partial charge >= 0.3 is 11.9 Å². The van der Waals surface area contributed by atoms with E-state index in [2.05, 4.69) is 127 Å². The Balaban J connectivity index is 0.00000672. The van der Waals surface area contributed by atoms with Gasteiger partial charge in [-0.05, 0) is 161 Å². The highest BCUT2D eigenvalue weighted by Crippen LogP contribution is 2.75. The molecule has 74 heavy (non-hydrogen) atoms. The molecule has 0 N–H and O–H groups in total. The van der Waals surface area contributed by atoms with E-state index in [-0.39, 0.29) is 70.7 Å². The molecule has 0 radical (unpaired) electrons. The lowest BCUT2D eigenvalue weighted by Crippen LogP contribution is -3.00. The molecule has 8 nitrogen and oxygen atoms in total. The molecule has 1 heterocycles. The predicted octanol–water partition coefficient (Wildman–Crippen LogP) is 10.7. The number of halogens is 1. The maximum atomic E-state index is 15.4. The fraction of sp³-hybridized carbons (Fsp3) is 0.569. The molecule has 7 aliphatic rings. The van der Waals surface area contributed by atoms with Crippen LogP contribution in [-0.4, -0.2) is 60.3 Å². The minimum absolute atomic E-state index is 0. The number of hydrogen-bond donors (Lipinski definition) is 0. The summed E-state index contributed by atoms with van der Waals surface area (Å²) in [6.07, 6.45) is 15.3. The van der Waals surface area contributed by atoms with Crippen LogP contribution in [0.2, 0.25) is 0 Å². The quantitative estimate of drug-likeness (QED) is 0.140. The average Bonchev–Trinajstić information content (AvgIpc) is 3.39. The number of ketones is 1. The van der Waals surface area contributed by atoms with E-state index >= 15 is 14.4 Å². The third-order valence-corrected chi connectivity index (χ3v) is 21.4. The molecule has 4 fully saturated rings. The minimum Gasteiger partial charge on any atom is -1.00 e. The monoisotopic (exact) mass is 1020 g/mol. The van der Waals surface area contributed by atoms with E-state index in [0.717, 1.165) is 85.0 Å². The predicted molar refractivity (Wildman–Crippen MR) is 291 cm³/mol. The SMILES string of the molecule is CCN(CC)c1ccc2c(c1)OC1=CC(=[N+](CC)CC)C=CC1C2c1ccccc1C(=O)O[C@H]1CC[C@@]2(C)[C@@H](CC[C@]3(C)[C@@H]2C(=O)C=C2[C@@H]4[C@@H](C)[C@H](C)CC[C@]4(C)CC[C@]23C)[C@@]1(C)C(=O)OCc1ccccc1.[Cl-]. The number of carbonyl (C=O) groups is 3. The molecule has 10 rings (SSSR count). The van der Waals surface area contributed by atoms with E-state index in [1.165, 1.54) is 24.8 Å². The van der Waals surface area contributed by atoms with Crippen molar-refractivity contribution in [3.8, 4) is 5.75 Å². The van der Waals surface area contributed by atoms with Crippen LogP contribution < -0.4 is 22.0 Å². The van der Waals surface area contributed by atoms with Crippen molar-refractivity contribution in [3.63, 3.8) is 0 Å². The summed E-state index contributed by atoms with van der Waals surface area (Å²) in [6, 6.07) is 24.2. The molecule has 3 aromatic rings. The Bertz CT molecular complexity index is 2790. The zero-order chi connectivity index (χ0) is 51.8. The number of fused-ring (bicyclic) bond motifs is 9. The zero-order valence-corrected chi connectivity index (χ0v) is 47.0. The van der Waals surface area contributed by atoms with Gasteiger partial charge in [-0.25, -0.2) is 9.37 Å². The summed E-state index contributed by atoms with van der Waals surface area (Å²) >= 11 is 0. The van der Waals surface area contributed by atoms with Gasteiger partial charge in [0, 0.05) is 60.3 Å². The second-order valence-corrected chi connectivity index (χ2v) is 24.7. The third-order valence-electron chi connectivity index (χ3n) is 21.4. The Morgan fingerprint density at radius 2 is 1.51 bits per heavy atom. The number of hydrogen-bond acceptors (Lipinski definition) is 7. The molecule has 0 saturated heterocycles. The van der Waals surface area contributed by atoms with Crippen LogP contribution in [-0.2, 0) is 25.7 Å². The fourth-order valence-corrected chi connectivity index (χ4v) is 16.9. The number of benzene rings is 3. The molecule has 9 heteroatoms. The van der Waals surface area contributed by atoms with Gasteiger partial charge < -0.3 is 31.5 Å². The highest BCUT2D eigenvalue weighted by molar-refractivity contribution is 6.02. The second kappa shape index (κ2) is 20.2. The smallest absolute Gasteiger partial charge is 0.338 e. The van der Waals surface area contributed by atoms with Crippen molar-refractivity contribution in [3.05, 3.63) is 131 Å². The summed E-state index contributed by atoms with van der Waals surface area (Å²) in [5, 5.41) is 0. The van der Waals surface area contributed by atoms with E-state index in [1.807, 2.05) is 55.5 Å². The van der Waals surface area contributed by atoms with Gasteiger partial charge in [-0.1, -0.05) is 108 Å². The van der Waals surface area contributed by atoms with Gasteiger partial charge in [0.25, 0.3) is 0 Å². The molecule has 0 amide bonds. The standard InChI is InChI=1S/C65H83N2O6.ClH/c1-12-66(13-2)44-25-27-48-52(37-44)72-53-38-45(67(14-3)15-4)26-28-49(53)56(48)46-23-19-20-24-47(46)59(69)73-55-31-33-62(8)54(65(55,11)60(70)71-40-43-21-17-16-18-22-43)30-34-64(10)58(62)51(68)39-50-57-42(6)41(5)29-32-61(57,7)35-36-63(50,64)9;/h16-28,37-39,41-42,48,54-58H,12-15,29-36,40H2,1-11H3;1H/q+1;/p-1/t41-,42+,48?,54-,55+,56?,57+,58-,61-,62+,63-,64-,65-;/m1./s1. The Hall–Kier alpha value is -4.95. The summed E-state index contributed by atoms with van der Waals surface area (Å²) in [7, 11) is 0. The van der Waals surface area contributed by atoms with E-state index in [9.17, 15) is 0 Å². The van der Waals surface area contributed by atoms with Crippen LogP contribution in [0.25, 0.3) is 0 Å². The fourth-order valence-electron chi connectivity index (χ4n) is 16.9. The van der Waals surface area contributed by atoms with Gasteiger partial charge in [0.15, 0.2) is 5.78 Å². The van der Waals surface area contributed by atoms with Crippen molar-refractivity contribution in [1.82, 2.24) is 0 Å². The normalized spacial score (nSPS) is 35.6. The van der Waals surface area contributed by atoms with Crippen LogP contribution in [0.15, 0.2) is 108 Å². The van der Waals surface area contributed by atoms with Gasteiger partial charge in [-0.15, -0.1) is 0 Å². The summed E-state index contributed by atoms with van der Waals surface area (Å²) < 4.78 is 22.6. The number of anilines is 1. The molecule has 2 unspecified atom stereocenters. The maximum absolute atomic E-state index is 15.4. The van der Waals surface area contributed by atoms with E-state index in [1.54, 1.807) is 0 Å². The van der Waals surface area contributed by atoms with Gasteiger partial charge in [0.2, 0.25) is 5.71 Å². The van der Waals surface area contributed by atoms with Gasteiger partial charge in [0.1, 0.15) is 42.7 Å². The maximum Gasteiger partial charge on any atom is 0.338 e. The van der Waals surface area contributed by atoms with Crippen molar-refractivity contribution in [2.75, 3.05) is 31.1 Å². The van der Waals surface area contributed by atoms with Crippen LogP contribution in [0.3, 0.4) is 0 Å². The lowest BCUT2D eigenvalue weighted by Gasteiger charge is -2.70. The van der Waals surface area contributed by atoms with Crippen LogP contribution in [0.1, 0.15) is 160 Å². The lowest BCUT2D eigenvalue weighted by molar-refractivity contribution is -0.519. The Kier molecular flexibility index (Phi) is 14.7. The number of ether oxygens (including phenoxy) is 3. The molecule has 0 aromatic heterocycles. The van der Waals surface area contributed by atoms with Gasteiger partial charge in [-0.2, -0.15) is 0 Å². The first-order chi connectivity index (χ1) is 34.9. The summed E-state index contributed by atoms with van der Waals surface area (Å²) in [4.78, 5) is 48.6. The number of allylic oxidation sites excluding steroid dienone is 5. The van der Waals surface area contributed by atoms with Crippen molar-refractivity contribution < 1.29 is 45.6 Å². The first-order valence-corrected chi connectivity index (χ1v) is 28.3. The molecule has 396 valence electrons. The number of carbonyl (C=O) groups excluding carboxylic acids is 3. The molecule has 0 spiro atoms. The Morgan fingerprint density at radius 3 is 2.23 bits per heavy atom. The van der Waals surface area contributed by atoms with E-state index < -0.39 is 22.9 Å². The molecule has 3 aromatic carbocycles.